The maximum absolute atomic E-state index is 6.31. The van der Waals surface area contributed by atoms with Crippen molar-refractivity contribution in [2.45, 2.75) is 52.0 Å². The third-order valence-corrected chi connectivity index (χ3v) is 4.71. The maximum Gasteiger partial charge on any atom is 0.0821 e. The van der Waals surface area contributed by atoms with Crippen LogP contribution in [-0.4, -0.2) is 15.8 Å². The first-order valence-electron chi connectivity index (χ1n) is 6.73. The first-order chi connectivity index (χ1) is 8.30. The van der Waals surface area contributed by atoms with Gasteiger partial charge in [0.25, 0.3) is 0 Å². The summed E-state index contributed by atoms with van der Waals surface area (Å²) >= 11 is 6.27. The summed E-state index contributed by atoms with van der Waals surface area (Å²) in [7, 11) is 1.95. The van der Waals surface area contributed by atoms with Gasteiger partial charge in [0, 0.05) is 19.0 Å². The minimum Gasteiger partial charge on any atom is -0.327 e. The van der Waals surface area contributed by atoms with Gasteiger partial charge in [0.15, 0.2) is 0 Å². The number of aryl methyl sites for hydroxylation is 1. The Labute approximate surface area is 115 Å². The van der Waals surface area contributed by atoms with Crippen molar-refractivity contribution in [1.29, 1.82) is 0 Å². The Balaban J connectivity index is 2.26. The summed E-state index contributed by atoms with van der Waals surface area (Å²) in [6.45, 7) is 6.95. The Morgan fingerprint density at radius 3 is 2.56 bits per heavy atom. The molecule has 0 saturated heterocycles. The number of hydrogen-bond acceptors (Lipinski definition) is 2. The second kappa shape index (κ2) is 4.86. The van der Waals surface area contributed by atoms with Crippen LogP contribution in [0.15, 0.2) is 6.20 Å². The van der Waals surface area contributed by atoms with E-state index in [0.717, 1.165) is 23.6 Å². The summed E-state index contributed by atoms with van der Waals surface area (Å²) in [5.74, 6) is 1.04. The summed E-state index contributed by atoms with van der Waals surface area (Å²) in [4.78, 5) is 0. The van der Waals surface area contributed by atoms with Crippen molar-refractivity contribution >= 4 is 11.6 Å². The van der Waals surface area contributed by atoms with E-state index in [2.05, 4.69) is 25.9 Å². The monoisotopic (exact) mass is 269 g/mol. The highest BCUT2D eigenvalue weighted by atomic mass is 35.5. The van der Waals surface area contributed by atoms with E-state index < -0.39 is 0 Å². The standard InChI is InChI=1S/C14H24ClN3/c1-14(2,3)9-5-6-12(16)10(7-9)13-11(15)8-17-18(13)4/h8-10,12H,5-7,16H2,1-4H3. The zero-order valence-electron chi connectivity index (χ0n) is 11.8. The summed E-state index contributed by atoms with van der Waals surface area (Å²) in [6, 6.07) is 0.205. The molecule has 1 fully saturated rings. The van der Waals surface area contributed by atoms with Crippen LogP contribution in [0, 0.1) is 11.3 Å². The smallest absolute Gasteiger partial charge is 0.0821 e. The van der Waals surface area contributed by atoms with Gasteiger partial charge in [0.2, 0.25) is 0 Å². The van der Waals surface area contributed by atoms with Crippen LogP contribution in [0.1, 0.15) is 51.6 Å². The maximum atomic E-state index is 6.31. The predicted octanol–water partition coefficient (Wildman–Crippen LogP) is 3.33. The van der Waals surface area contributed by atoms with E-state index in [1.165, 1.54) is 6.42 Å². The lowest BCUT2D eigenvalue weighted by Crippen LogP contribution is -2.39. The molecule has 3 nitrogen and oxygen atoms in total. The number of nitrogens with zero attached hydrogens (tertiary/aromatic N) is 2. The van der Waals surface area contributed by atoms with Crippen LogP contribution in [0.3, 0.4) is 0 Å². The minimum absolute atomic E-state index is 0.205. The zero-order valence-corrected chi connectivity index (χ0v) is 12.5. The number of nitrogens with two attached hydrogens (primary N) is 1. The Morgan fingerprint density at radius 1 is 1.39 bits per heavy atom. The molecule has 1 aliphatic rings. The molecule has 2 rings (SSSR count). The van der Waals surface area contributed by atoms with Gasteiger partial charge < -0.3 is 5.73 Å². The summed E-state index contributed by atoms with van der Waals surface area (Å²) in [5, 5.41) is 5.00. The lowest BCUT2D eigenvalue weighted by Gasteiger charge is -2.40. The van der Waals surface area contributed by atoms with Gasteiger partial charge in [-0.3, -0.25) is 4.68 Å². The van der Waals surface area contributed by atoms with Crippen LogP contribution in [0.5, 0.6) is 0 Å². The van der Waals surface area contributed by atoms with Crippen molar-refractivity contribution in [3.63, 3.8) is 0 Å². The lowest BCUT2D eigenvalue weighted by atomic mass is 9.67. The van der Waals surface area contributed by atoms with Gasteiger partial charge in [0.05, 0.1) is 16.9 Å². The van der Waals surface area contributed by atoms with Gasteiger partial charge in [-0.1, -0.05) is 32.4 Å². The molecule has 0 radical (unpaired) electrons. The van der Waals surface area contributed by atoms with Gasteiger partial charge in [-0.05, 0) is 30.6 Å². The molecule has 0 aromatic carbocycles. The Kier molecular flexibility index (Phi) is 3.75. The van der Waals surface area contributed by atoms with E-state index in [0.29, 0.717) is 17.3 Å². The number of hydrogen-bond donors (Lipinski definition) is 1. The highest BCUT2D eigenvalue weighted by Crippen LogP contribution is 2.44. The summed E-state index contributed by atoms with van der Waals surface area (Å²) in [6.07, 6.45) is 5.14. The molecule has 1 aromatic rings. The fourth-order valence-electron chi connectivity index (χ4n) is 3.13. The normalized spacial score (nSPS) is 29.6. The van der Waals surface area contributed by atoms with Crippen molar-refractivity contribution in [2.75, 3.05) is 0 Å². The molecule has 3 atom stereocenters. The Bertz CT molecular complexity index is 400. The topological polar surface area (TPSA) is 43.8 Å². The molecule has 102 valence electrons. The number of rotatable bonds is 1. The third kappa shape index (κ3) is 2.57. The van der Waals surface area contributed by atoms with Crippen LogP contribution in [0.25, 0.3) is 0 Å². The van der Waals surface area contributed by atoms with Crippen LogP contribution in [-0.2, 0) is 7.05 Å². The first-order valence-corrected chi connectivity index (χ1v) is 7.11. The Hall–Kier alpha value is -0.540. The minimum atomic E-state index is 0.205. The predicted molar refractivity (Wildman–Crippen MR) is 75.7 cm³/mol. The molecule has 18 heavy (non-hydrogen) atoms. The van der Waals surface area contributed by atoms with Crippen molar-refractivity contribution in [1.82, 2.24) is 9.78 Å². The second-order valence-electron chi connectivity index (χ2n) is 6.65. The van der Waals surface area contributed by atoms with Crippen molar-refractivity contribution < 1.29 is 0 Å². The molecule has 0 amide bonds. The SMILES string of the molecule is Cn1ncc(Cl)c1C1CC(C(C)(C)C)CCC1N. The third-order valence-electron chi connectivity index (χ3n) is 4.42. The van der Waals surface area contributed by atoms with Gasteiger partial charge >= 0.3 is 0 Å². The summed E-state index contributed by atoms with van der Waals surface area (Å²) in [5.41, 5.74) is 7.76. The van der Waals surface area contributed by atoms with E-state index >= 15 is 0 Å². The molecule has 0 spiro atoms. The van der Waals surface area contributed by atoms with Gasteiger partial charge in [-0.25, -0.2) is 0 Å². The molecule has 4 heteroatoms. The first kappa shape index (κ1) is 13.9. The van der Waals surface area contributed by atoms with Crippen molar-refractivity contribution in [3.8, 4) is 0 Å². The van der Waals surface area contributed by atoms with Crippen molar-refractivity contribution in [2.24, 2.45) is 24.1 Å². The van der Waals surface area contributed by atoms with Gasteiger partial charge in [-0.2, -0.15) is 5.10 Å². The lowest BCUT2D eigenvalue weighted by molar-refractivity contribution is 0.151. The fourth-order valence-corrected chi connectivity index (χ4v) is 3.44. The van der Waals surface area contributed by atoms with Crippen molar-refractivity contribution in [3.05, 3.63) is 16.9 Å². The zero-order chi connectivity index (χ0) is 13.5. The van der Waals surface area contributed by atoms with Crippen LogP contribution in [0.2, 0.25) is 5.02 Å². The fraction of sp³-hybridized carbons (Fsp3) is 0.786. The molecule has 0 aliphatic heterocycles. The highest BCUT2D eigenvalue weighted by Gasteiger charge is 2.37. The van der Waals surface area contributed by atoms with E-state index in [1.54, 1.807) is 6.20 Å². The van der Waals surface area contributed by atoms with E-state index in [1.807, 2.05) is 11.7 Å². The molecule has 3 unspecified atom stereocenters. The molecule has 1 heterocycles. The van der Waals surface area contributed by atoms with Crippen LogP contribution >= 0.6 is 11.6 Å². The molecular formula is C14H24ClN3. The van der Waals surface area contributed by atoms with E-state index in [9.17, 15) is 0 Å². The molecule has 2 N–H and O–H groups in total. The van der Waals surface area contributed by atoms with Gasteiger partial charge in [-0.15, -0.1) is 0 Å². The molecule has 0 bridgehead atoms. The largest absolute Gasteiger partial charge is 0.327 e. The average Bonchev–Trinajstić information content (AvgIpc) is 2.58. The van der Waals surface area contributed by atoms with E-state index in [-0.39, 0.29) is 6.04 Å². The quantitative estimate of drug-likeness (QED) is 0.850. The number of aromatic nitrogens is 2. The highest BCUT2D eigenvalue weighted by molar-refractivity contribution is 6.31. The van der Waals surface area contributed by atoms with Gasteiger partial charge in [0.1, 0.15) is 0 Å². The van der Waals surface area contributed by atoms with E-state index in [4.69, 9.17) is 17.3 Å². The average molecular weight is 270 g/mol. The molecule has 1 aliphatic carbocycles. The van der Waals surface area contributed by atoms with Crippen LogP contribution < -0.4 is 5.73 Å². The molecular weight excluding hydrogens is 246 g/mol. The second-order valence-corrected chi connectivity index (χ2v) is 7.05. The molecule has 1 saturated carbocycles. The Morgan fingerprint density at radius 2 is 2.06 bits per heavy atom. The van der Waals surface area contributed by atoms with Crippen LogP contribution in [0.4, 0.5) is 0 Å². The number of halogens is 1. The molecule has 1 aromatic heterocycles. The summed E-state index contributed by atoms with van der Waals surface area (Å²) < 4.78 is 1.89.